The maximum atomic E-state index is 12.1. The Morgan fingerprint density at radius 3 is 1.34 bits per heavy atom. The summed E-state index contributed by atoms with van der Waals surface area (Å²) in [5, 5.41) is 1.64. The van der Waals surface area contributed by atoms with Gasteiger partial charge in [0.25, 0.3) is 0 Å². The summed E-state index contributed by atoms with van der Waals surface area (Å²) in [5.74, 6) is 0.0752. The maximum absolute atomic E-state index is 12.1. The van der Waals surface area contributed by atoms with E-state index in [0.29, 0.717) is 0 Å². The predicted octanol–water partition coefficient (Wildman–Crippen LogP) is 6.33. The van der Waals surface area contributed by atoms with E-state index in [4.69, 9.17) is 0 Å². The molecule has 5 rings (SSSR count). The van der Waals surface area contributed by atoms with Gasteiger partial charge in [-0.2, -0.15) is 0 Å². The number of ketones is 1. The van der Waals surface area contributed by atoms with Crippen LogP contribution >= 0.6 is 11.3 Å². The van der Waals surface area contributed by atoms with Crippen molar-refractivity contribution in [3.05, 3.63) is 131 Å². The highest BCUT2D eigenvalue weighted by Gasteiger charge is 2.06. The van der Waals surface area contributed by atoms with Crippen LogP contribution in [-0.4, -0.2) is 5.78 Å². The number of rotatable bonds is 2. The second-order valence-electron chi connectivity index (χ2n) is 6.48. The van der Waals surface area contributed by atoms with E-state index in [0.717, 1.165) is 31.3 Å². The van der Waals surface area contributed by atoms with Crippen molar-refractivity contribution in [1.29, 1.82) is 0 Å². The van der Waals surface area contributed by atoms with Crippen LogP contribution in [0.2, 0.25) is 0 Å². The van der Waals surface area contributed by atoms with Gasteiger partial charge in [-0.05, 0) is 24.3 Å². The van der Waals surface area contributed by atoms with Gasteiger partial charge in [0.05, 0.1) is 0 Å². The van der Waals surface area contributed by atoms with E-state index >= 15 is 0 Å². The number of benzene rings is 4. The molecule has 0 unspecified atom stereocenters. The maximum Gasteiger partial charge on any atom is 0.195 e. The molecule has 1 aromatic heterocycles. The number of hydrogen-bond donors (Lipinski definition) is 0. The molecule has 0 amide bonds. The monoisotopic (exact) mass is 394 g/mol. The number of fused-ring (bicyclic) bond motifs is 2. The molecule has 29 heavy (non-hydrogen) atoms. The lowest BCUT2D eigenvalue weighted by atomic mass is 10.0. The highest BCUT2D eigenvalue weighted by atomic mass is 32.1. The number of carbonyl (C=O) groups is 1. The summed E-state index contributed by atoms with van der Waals surface area (Å²) in [4.78, 5) is 23.9. The molecule has 0 atom stereocenters. The van der Waals surface area contributed by atoms with E-state index in [2.05, 4.69) is 0 Å². The van der Waals surface area contributed by atoms with E-state index in [9.17, 15) is 9.59 Å². The van der Waals surface area contributed by atoms with Gasteiger partial charge in [-0.15, -0.1) is 11.3 Å². The minimum absolute atomic E-state index is 0.0752. The van der Waals surface area contributed by atoms with Crippen LogP contribution in [0.4, 0.5) is 0 Å². The summed E-state index contributed by atoms with van der Waals surface area (Å²) in [7, 11) is 0. The fourth-order valence-electron chi connectivity index (χ4n) is 3.10. The third-order valence-electron chi connectivity index (χ3n) is 4.56. The first-order chi connectivity index (χ1) is 14.2. The van der Waals surface area contributed by atoms with E-state index in [1.165, 1.54) is 0 Å². The first-order valence-electron chi connectivity index (χ1n) is 9.29. The summed E-state index contributed by atoms with van der Waals surface area (Å²) in [6.45, 7) is 0. The Bertz CT molecular complexity index is 1220. The van der Waals surface area contributed by atoms with Crippen LogP contribution in [-0.2, 0) is 0 Å². The van der Waals surface area contributed by atoms with E-state index in [-0.39, 0.29) is 11.2 Å². The third kappa shape index (κ3) is 4.15. The van der Waals surface area contributed by atoms with E-state index < -0.39 is 0 Å². The van der Waals surface area contributed by atoms with Crippen LogP contribution in [0.25, 0.3) is 20.2 Å². The highest BCUT2D eigenvalue weighted by Crippen LogP contribution is 2.23. The first kappa shape index (κ1) is 18.8. The molecule has 0 aliphatic heterocycles. The van der Waals surface area contributed by atoms with Gasteiger partial charge >= 0.3 is 0 Å². The molecular weight excluding hydrogens is 376 g/mol. The van der Waals surface area contributed by atoms with Gasteiger partial charge in [-0.1, -0.05) is 84.9 Å². The summed E-state index contributed by atoms with van der Waals surface area (Å²) in [6.07, 6.45) is 0. The fourth-order valence-corrected chi connectivity index (χ4v) is 4.17. The minimum atomic E-state index is 0.0752. The van der Waals surface area contributed by atoms with Crippen LogP contribution in [0.3, 0.4) is 0 Å². The Morgan fingerprint density at radius 2 is 0.897 bits per heavy atom. The second kappa shape index (κ2) is 8.63. The quantitative estimate of drug-likeness (QED) is 0.259. The van der Waals surface area contributed by atoms with Gasteiger partial charge in [0.15, 0.2) is 11.2 Å². The molecule has 1 heterocycles. The third-order valence-corrected chi connectivity index (χ3v) is 5.71. The van der Waals surface area contributed by atoms with Crippen molar-refractivity contribution in [2.45, 2.75) is 0 Å². The van der Waals surface area contributed by atoms with Gasteiger partial charge in [0.1, 0.15) is 0 Å². The summed E-state index contributed by atoms with van der Waals surface area (Å²) in [5.41, 5.74) is 1.61. The Balaban J connectivity index is 0.000000142. The Kier molecular flexibility index (Phi) is 5.59. The van der Waals surface area contributed by atoms with Crippen LogP contribution in [0, 0.1) is 0 Å². The standard InChI is InChI=1S/C13H8OS.C13H10O/c14-13-9-5-1-3-7-11(9)15-12-8-4-2-6-10(12)13;14-13(11-7-3-1-4-8-11)12-9-5-2-6-10-12/h1-8H;1-10H. The minimum Gasteiger partial charge on any atom is -0.289 e. The largest absolute Gasteiger partial charge is 0.289 e. The highest BCUT2D eigenvalue weighted by molar-refractivity contribution is 7.24. The average molecular weight is 394 g/mol. The molecular formula is C26H18O2S. The molecule has 0 spiro atoms. The fraction of sp³-hybridized carbons (Fsp3) is 0. The number of hydrogen-bond acceptors (Lipinski definition) is 3. The van der Waals surface area contributed by atoms with Crippen molar-refractivity contribution in [1.82, 2.24) is 0 Å². The van der Waals surface area contributed by atoms with Gasteiger partial charge in [0.2, 0.25) is 0 Å². The first-order valence-corrected chi connectivity index (χ1v) is 10.1. The molecule has 140 valence electrons. The Labute approximate surface area is 172 Å². The topological polar surface area (TPSA) is 34.1 Å². The van der Waals surface area contributed by atoms with Crippen molar-refractivity contribution in [2.24, 2.45) is 0 Å². The van der Waals surface area contributed by atoms with Crippen molar-refractivity contribution in [3.63, 3.8) is 0 Å². The lowest BCUT2D eigenvalue weighted by Crippen LogP contribution is -1.99. The van der Waals surface area contributed by atoms with Gasteiger partial charge in [0, 0.05) is 31.3 Å². The summed E-state index contributed by atoms with van der Waals surface area (Å²) >= 11 is 1.67. The zero-order valence-electron chi connectivity index (χ0n) is 15.6. The molecule has 0 saturated heterocycles. The molecule has 0 fully saturated rings. The zero-order valence-corrected chi connectivity index (χ0v) is 16.4. The molecule has 0 saturated carbocycles. The van der Waals surface area contributed by atoms with Crippen molar-refractivity contribution < 1.29 is 4.79 Å². The van der Waals surface area contributed by atoms with Crippen molar-refractivity contribution in [3.8, 4) is 0 Å². The van der Waals surface area contributed by atoms with Crippen LogP contribution < -0.4 is 5.43 Å². The number of carbonyl (C=O) groups excluding carboxylic acids is 1. The lowest BCUT2D eigenvalue weighted by molar-refractivity contribution is 0.103. The molecule has 4 aromatic carbocycles. The zero-order chi connectivity index (χ0) is 20.1. The van der Waals surface area contributed by atoms with Crippen molar-refractivity contribution >= 4 is 37.3 Å². The Hall–Kier alpha value is -3.56. The van der Waals surface area contributed by atoms with Crippen molar-refractivity contribution in [2.75, 3.05) is 0 Å². The van der Waals surface area contributed by atoms with E-state index in [1.807, 2.05) is 109 Å². The normalized spacial score (nSPS) is 10.3. The molecule has 3 heteroatoms. The molecule has 0 bridgehead atoms. The lowest BCUT2D eigenvalue weighted by Gasteiger charge is -1.99. The molecule has 2 nitrogen and oxygen atoms in total. The average Bonchev–Trinajstić information content (AvgIpc) is 2.80. The van der Waals surface area contributed by atoms with Gasteiger partial charge in [-0.3, -0.25) is 9.59 Å². The van der Waals surface area contributed by atoms with Crippen LogP contribution in [0.1, 0.15) is 15.9 Å². The summed E-state index contributed by atoms with van der Waals surface area (Å²) in [6, 6.07) is 34.1. The smallest absolute Gasteiger partial charge is 0.195 e. The van der Waals surface area contributed by atoms with Crippen LogP contribution in [0.15, 0.2) is 114 Å². The van der Waals surface area contributed by atoms with Crippen LogP contribution in [0.5, 0.6) is 0 Å². The Morgan fingerprint density at radius 1 is 0.517 bits per heavy atom. The molecule has 0 aliphatic carbocycles. The molecule has 5 aromatic rings. The molecule has 0 radical (unpaired) electrons. The molecule has 0 N–H and O–H groups in total. The summed E-state index contributed by atoms with van der Waals surface area (Å²) < 4.78 is 2.11. The van der Waals surface area contributed by atoms with Gasteiger partial charge < -0.3 is 0 Å². The van der Waals surface area contributed by atoms with E-state index in [1.54, 1.807) is 11.3 Å². The SMILES string of the molecule is O=C(c1ccccc1)c1ccccc1.O=c1c2ccccc2sc2ccccc12. The molecule has 0 aliphatic rings. The second-order valence-corrected chi connectivity index (χ2v) is 7.57. The predicted molar refractivity (Wildman–Crippen MR) is 122 cm³/mol. The van der Waals surface area contributed by atoms with Gasteiger partial charge in [-0.25, -0.2) is 0 Å².